The maximum absolute atomic E-state index is 13.8. The monoisotopic (exact) mass is 420 g/mol. The minimum atomic E-state index is -1.10. The molecular weight excluding hydrogens is 396 g/mol. The fraction of sp³-hybridized carbons (Fsp3) is 0.333. The number of amides is 3. The van der Waals surface area contributed by atoms with Gasteiger partial charge in [0.15, 0.2) is 0 Å². The fourth-order valence-electron chi connectivity index (χ4n) is 4.71. The largest absolute Gasteiger partial charge is 0.480 e. The smallest absolute Gasteiger partial charge is 0.326 e. The first-order valence-corrected chi connectivity index (χ1v) is 10.5. The fourth-order valence-corrected chi connectivity index (χ4v) is 4.71. The molecule has 2 aliphatic rings. The third kappa shape index (κ3) is 3.30. The summed E-state index contributed by atoms with van der Waals surface area (Å²) in [6.45, 7) is 3.66. The minimum Gasteiger partial charge on any atom is -0.480 e. The topological polar surface area (TPSA) is 95.0 Å². The van der Waals surface area contributed by atoms with Gasteiger partial charge >= 0.3 is 5.97 Å². The first-order valence-electron chi connectivity index (χ1n) is 10.5. The van der Waals surface area contributed by atoms with E-state index in [4.69, 9.17) is 0 Å². The number of rotatable bonds is 5. The molecule has 0 aliphatic carbocycles. The zero-order valence-electron chi connectivity index (χ0n) is 17.4. The highest BCUT2D eigenvalue weighted by Gasteiger charge is 2.48. The molecule has 3 atom stereocenters. The van der Waals surface area contributed by atoms with E-state index in [2.05, 4.69) is 0 Å². The Kier molecular flexibility index (Phi) is 5.35. The highest BCUT2D eigenvalue weighted by molar-refractivity contribution is 6.23. The van der Waals surface area contributed by atoms with Crippen molar-refractivity contribution in [3.05, 3.63) is 70.8 Å². The van der Waals surface area contributed by atoms with Crippen molar-refractivity contribution in [2.45, 2.75) is 51.2 Å². The van der Waals surface area contributed by atoms with Crippen molar-refractivity contribution < 1.29 is 24.3 Å². The quantitative estimate of drug-likeness (QED) is 0.750. The number of carboxylic acids is 1. The van der Waals surface area contributed by atoms with Crippen molar-refractivity contribution in [2.75, 3.05) is 0 Å². The van der Waals surface area contributed by atoms with Gasteiger partial charge in [0.2, 0.25) is 5.91 Å². The van der Waals surface area contributed by atoms with Gasteiger partial charge in [-0.2, -0.15) is 0 Å². The van der Waals surface area contributed by atoms with Crippen LogP contribution >= 0.6 is 0 Å². The Morgan fingerprint density at radius 2 is 1.61 bits per heavy atom. The molecule has 0 bridgehead atoms. The van der Waals surface area contributed by atoms with Crippen molar-refractivity contribution in [3.8, 4) is 0 Å². The number of carboxylic acid groups (broad SMARTS) is 1. The Hall–Kier alpha value is -3.48. The number of benzene rings is 2. The predicted molar refractivity (Wildman–Crippen MR) is 112 cm³/mol. The molecule has 2 aromatic carbocycles. The molecule has 2 aromatic rings. The van der Waals surface area contributed by atoms with Crippen LogP contribution in [0.25, 0.3) is 0 Å². The molecule has 7 nitrogen and oxygen atoms in total. The second-order valence-corrected chi connectivity index (χ2v) is 8.01. The van der Waals surface area contributed by atoms with Crippen molar-refractivity contribution in [2.24, 2.45) is 0 Å². The Labute approximate surface area is 180 Å². The second kappa shape index (κ2) is 7.98. The van der Waals surface area contributed by atoms with E-state index in [1.54, 1.807) is 31.2 Å². The van der Waals surface area contributed by atoms with Crippen molar-refractivity contribution in [1.82, 2.24) is 9.80 Å². The number of nitrogens with zero attached hydrogens (tertiary/aromatic N) is 2. The summed E-state index contributed by atoms with van der Waals surface area (Å²) in [5, 5.41) is 9.89. The van der Waals surface area contributed by atoms with E-state index in [0.717, 1.165) is 16.0 Å². The summed E-state index contributed by atoms with van der Waals surface area (Å²) in [4.78, 5) is 54.5. The average molecular weight is 420 g/mol. The molecule has 2 heterocycles. The van der Waals surface area contributed by atoms with Gasteiger partial charge < -0.3 is 10.0 Å². The van der Waals surface area contributed by atoms with E-state index < -0.39 is 41.8 Å². The Balaban J connectivity index is 1.84. The van der Waals surface area contributed by atoms with Gasteiger partial charge in [-0.25, -0.2) is 4.79 Å². The van der Waals surface area contributed by atoms with Crippen LogP contribution in [0.5, 0.6) is 0 Å². The molecule has 0 spiro atoms. The van der Waals surface area contributed by atoms with Crippen LogP contribution in [0.15, 0.2) is 48.5 Å². The van der Waals surface area contributed by atoms with Crippen LogP contribution in [0.2, 0.25) is 0 Å². The van der Waals surface area contributed by atoms with E-state index >= 15 is 0 Å². The van der Waals surface area contributed by atoms with Gasteiger partial charge in [-0.3, -0.25) is 19.3 Å². The van der Waals surface area contributed by atoms with Crippen LogP contribution in [0.3, 0.4) is 0 Å². The third-order valence-electron chi connectivity index (χ3n) is 6.20. The number of fused-ring (bicyclic) bond motifs is 2. The SMILES string of the molecule is CCCC(C(=O)O)N1C(=O)[C@@H](N2C(=O)c3ccccc3C2=O)Cc2ccccc2C1C. The second-order valence-electron chi connectivity index (χ2n) is 8.01. The average Bonchev–Trinajstić information content (AvgIpc) is 2.95. The van der Waals surface area contributed by atoms with Crippen molar-refractivity contribution >= 4 is 23.7 Å². The van der Waals surface area contributed by atoms with Gasteiger partial charge in [-0.05, 0) is 36.6 Å². The van der Waals surface area contributed by atoms with Crippen LogP contribution in [0.4, 0.5) is 0 Å². The summed E-state index contributed by atoms with van der Waals surface area (Å²) >= 11 is 0. The molecule has 31 heavy (non-hydrogen) atoms. The summed E-state index contributed by atoms with van der Waals surface area (Å²) in [6, 6.07) is 11.3. The number of imide groups is 1. The summed E-state index contributed by atoms with van der Waals surface area (Å²) in [7, 11) is 0. The van der Waals surface area contributed by atoms with Crippen molar-refractivity contribution in [3.63, 3.8) is 0 Å². The molecule has 0 aromatic heterocycles. The highest BCUT2D eigenvalue weighted by atomic mass is 16.4. The maximum Gasteiger partial charge on any atom is 0.326 e. The summed E-state index contributed by atoms with van der Waals surface area (Å²) < 4.78 is 0. The van der Waals surface area contributed by atoms with E-state index in [-0.39, 0.29) is 24.0 Å². The van der Waals surface area contributed by atoms with Crippen molar-refractivity contribution in [1.29, 1.82) is 0 Å². The Morgan fingerprint density at radius 3 is 2.19 bits per heavy atom. The van der Waals surface area contributed by atoms with Gasteiger partial charge in [0, 0.05) is 6.42 Å². The molecule has 0 saturated heterocycles. The molecule has 0 saturated carbocycles. The molecule has 2 unspecified atom stereocenters. The lowest BCUT2D eigenvalue weighted by atomic mass is 9.97. The lowest BCUT2D eigenvalue weighted by molar-refractivity contribution is -0.154. The molecule has 2 aliphatic heterocycles. The zero-order valence-corrected chi connectivity index (χ0v) is 17.4. The Morgan fingerprint density at radius 1 is 1.03 bits per heavy atom. The Bertz CT molecular complexity index is 1040. The van der Waals surface area contributed by atoms with E-state index in [1.165, 1.54) is 4.90 Å². The maximum atomic E-state index is 13.8. The first kappa shape index (κ1) is 20.8. The highest BCUT2D eigenvalue weighted by Crippen LogP contribution is 2.35. The first-order chi connectivity index (χ1) is 14.9. The van der Waals surface area contributed by atoms with Crippen LogP contribution in [-0.2, 0) is 16.0 Å². The molecule has 7 heteroatoms. The van der Waals surface area contributed by atoms with Crippen LogP contribution in [0.1, 0.15) is 64.6 Å². The summed E-state index contributed by atoms with van der Waals surface area (Å²) in [5.41, 5.74) is 2.19. The number of hydrogen-bond donors (Lipinski definition) is 1. The van der Waals surface area contributed by atoms with Gasteiger partial charge in [-0.1, -0.05) is 49.7 Å². The predicted octanol–water partition coefficient (Wildman–Crippen LogP) is 3.05. The molecule has 4 rings (SSSR count). The van der Waals surface area contributed by atoms with Gasteiger partial charge in [0.1, 0.15) is 12.1 Å². The molecule has 160 valence electrons. The number of carbonyl (C=O) groups excluding carboxylic acids is 3. The van der Waals surface area contributed by atoms with E-state index in [1.807, 2.05) is 31.2 Å². The molecular formula is C24H24N2O5. The number of aliphatic carboxylic acids is 1. The summed E-state index contributed by atoms with van der Waals surface area (Å²) in [5.74, 6) is -2.65. The molecule has 1 N–H and O–H groups in total. The van der Waals surface area contributed by atoms with Gasteiger partial charge in [-0.15, -0.1) is 0 Å². The summed E-state index contributed by atoms with van der Waals surface area (Å²) in [6.07, 6.45) is 1.01. The van der Waals surface area contributed by atoms with Crippen LogP contribution in [0, 0.1) is 0 Å². The number of carbonyl (C=O) groups is 4. The lowest BCUT2D eigenvalue weighted by Crippen LogP contribution is -2.55. The number of hydrogen-bond acceptors (Lipinski definition) is 4. The standard InChI is InChI=1S/C24H24N2O5/c1-3-8-19(24(30)31)25-14(2)16-10-5-4-9-15(16)13-20(23(25)29)26-21(27)17-11-6-7-12-18(17)22(26)28/h4-7,9-12,14,19-20H,3,8,13H2,1-2H3,(H,30,31)/t14?,19?,20-/m0/s1. The van der Waals surface area contributed by atoms with Crippen LogP contribution < -0.4 is 0 Å². The normalized spacial score (nSPS) is 21.5. The molecule has 0 fully saturated rings. The van der Waals surface area contributed by atoms with E-state index in [9.17, 15) is 24.3 Å². The minimum absolute atomic E-state index is 0.153. The van der Waals surface area contributed by atoms with Gasteiger partial charge in [0.05, 0.1) is 17.2 Å². The van der Waals surface area contributed by atoms with Crippen LogP contribution in [-0.4, -0.2) is 50.7 Å². The van der Waals surface area contributed by atoms with E-state index in [0.29, 0.717) is 6.42 Å². The molecule has 3 amide bonds. The van der Waals surface area contributed by atoms with Gasteiger partial charge in [0.25, 0.3) is 11.8 Å². The lowest BCUT2D eigenvalue weighted by Gasteiger charge is -2.36. The molecule has 0 radical (unpaired) electrons. The third-order valence-corrected chi connectivity index (χ3v) is 6.20. The zero-order chi connectivity index (χ0) is 22.3.